The first-order valence-electron chi connectivity index (χ1n) is 16.0. The number of hydrogen-bond donors (Lipinski definition) is 4. The van der Waals surface area contributed by atoms with E-state index < -0.39 is 27.6 Å². The molecule has 4 N–H and O–H groups in total. The van der Waals surface area contributed by atoms with E-state index in [2.05, 4.69) is 34.5 Å². The van der Waals surface area contributed by atoms with Gasteiger partial charge in [0.05, 0.1) is 4.90 Å². The minimum Gasteiger partial charge on any atom is -0.349 e. The van der Waals surface area contributed by atoms with Gasteiger partial charge in [0.2, 0.25) is 5.91 Å². The van der Waals surface area contributed by atoms with Crippen molar-refractivity contribution in [2.75, 3.05) is 10.0 Å². The predicted octanol–water partition coefficient (Wildman–Crippen LogP) is 6.64. The molecule has 4 bridgehead atoms. The highest BCUT2D eigenvalue weighted by atomic mass is 32.2. The van der Waals surface area contributed by atoms with Crippen LogP contribution >= 0.6 is 0 Å². The number of rotatable bonds is 10. The normalized spacial score (nSPS) is 24.5. The summed E-state index contributed by atoms with van der Waals surface area (Å²) in [5.41, 5.74) is 2.47. The molecule has 0 aromatic heterocycles. The van der Waals surface area contributed by atoms with E-state index in [9.17, 15) is 18.0 Å². The number of sulfonamides is 1. The Hall–Kier alpha value is -3.85. The summed E-state index contributed by atoms with van der Waals surface area (Å²) in [5, 5.41) is 9.12. The van der Waals surface area contributed by atoms with Gasteiger partial charge >= 0.3 is 6.03 Å². The zero-order chi connectivity index (χ0) is 31.8. The summed E-state index contributed by atoms with van der Waals surface area (Å²) in [6.07, 6.45) is 7.86. The Bertz CT molecular complexity index is 1600. The highest BCUT2D eigenvalue weighted by Gasteiger charge is 2.57. The quantitative estimate of drug-likeness (QED) is 0.201. The lowest BCUT2D eigenvalue weighted by Crippen LogP contribution is -2.65. The van der Waals surface area contributed by atoms with Crippen molar-refractivity contribution in [3.8, 4) is 0 Å². The minimum absolute atomic E-state index is 0.0969. The smallest absolute Gasteiger partial charge is 0.319 e. The first kappa shape index (κ1) is 31.1. The second kappa shape index (κ2) is 12.2. The topological polar surface area (TPSA) is 116 Å². The monoisotopic (exact) mass is 628 g/mol. The summed E-state index contributed by atoms with van der Waals surface area (Å²) in [6.45, 7) is 6.24. The van der Waals surface area contributed by atoms with Gasteiger partial charge in [0.25, 0.3) is 10.0 Å². The van der Waals surface area contributed by atoms with Crippen LogP contribution in [-0.2, 0) is 21.2 Å². The average Bonchev–Trinajstić information content (AvgIpc) is 2.97. The third kappa shape index (κ3) is 6.88. The molecule has 3 aromatic rings. The molecule has 3 aromatic carbocycles. The molecule has 0 unspecified atom stereocenters. The van der Waals surface area contributed by atoms with Crippen molar-refractivity contribution in [3.63, 3.8) is 0 Å². The molecule has 8 nitrogen and oxygen atoms in total. The first-order valence-corrected chi connectivity index (χ1v) is 17.5. The van der Waals surface area contributed by atoms with Gasteiger partial charge in [-0.1, -0.05) is 48.0 Å². The lowest BCUT2D eigenvalue weighted by Gasteiger charge is -2.62. The van der Waals surface area contributed by atoms with E-state index in [1.54, 1.807) is 48.5 Å². The molecule has 4 aliphatic rings. The molecule has 3 amide bonds. The first-order chi connectivity index (χ1) is 21.4. The van der Waals surface area contributed by atoms with Crippen LogP contribution in [0.1, 0.15) is 63.5 Å². The number of aryl methyl sites for hydroxylation is 1. The van der Waals surface area contributed by atoms with E-state index >= 15 is 0 Å². The van der Waals surface area contributed by atoms with Crippen LogP contribution in [0.2, 0.25) is 0 Å². The molecule has 0 aliphatic heterocycles. The van der Waals surface area contributed by atoms with Crippen molar-refractivity contribution in [2.45, 2.75) is 82.2 Å². The maximum atomic E-state index is 13.9. The Balaban J connectivity index is 1.12. The highest BCUT2D eigenvalue weighted by Crippen LogP contribution is 2.63. The summed E-state index contributed by atoms with van der Waals surface area (Å²) >= 11 is 0. The van der Waals surface area contributed by atoms with Gasteiger partial charge in [0, 0.05) is 23.3 Å². The molecule has 4 fully saturated rings. The second-order valence-corrected chi connectivity index (χ2v) is 15.8. The van der Waals surface area contributed by atoms with E-state index in [1.165, 1.54) is 38.5 Å². The maximum Gasteiger partial charge on any atom is 0.319 e. The zero-order valence-corrected chi connectivity index (χ0v) is 27.1. The minimum atomic E-state index is -3.75. The summed E-state index contributed by atoms with van der Waals surface area (Å²) < 4.78 is 28.1. The van der Waals surface area contributed by atoms with Crippen LogP contribution in [-0.4, -0.2) is 31.9 Å². The van der Waals surface area contributed by atoms with Crippen LogP contribution in [0, 0.1) is 30.1 Å². The molecule has 1 atom stereocenters. The lowest BCUT2D eigenvalue weighted by atomic mass is 9.45. The van der Waals surface area contributed by atoms with Gasteiger partial charge in [-0.05, 0) is 124 Å². The second-order valence-electron chi connectivity index (χ2n) is 14.1. The molecule has 7 rings (SSSR count). The number of nitrogens with one attached hydrogen (secondary N) is 4. The fraction of sp³-hybridized carbons (Fsp3) is 0.444. The summed E-state index contributed by atoms with van der Waals surface area (Å²) in [6, 6.07) is 21.4. The van der Waals surface area contributed by atoms with Crippen molar-refractivity contribution >= 4 is 33.3 Å². The van der Waals surface area contributed by atoms with Crippen molar-refractivity contribution < 1.29 is 18.0 Å². The van der Waals surface area contributed by atoms with Gasteiger partial charge in [0.15, 0.2) is 0 Å². The number of urea groups is 1. The van der Waals surface area contributed by atoms with Crippen molar-refractivity contribution in [2.24, 2.45) is 23.2 Å². The van der Waals surface area contributed by atoms with E-state index in [1.807, 2.05) is 37.3 Å². The molecule has 45 heavy (non-hydrogen) atoms. The fourth-order valence-corrected chi connectivity index (χ4v) is 9.40. The van der Waals surface area contributed by atoms with Crippen molar-refractivity contribution in [1.29, 1.82) is 0 Å². The Morgan fingerprint density at radius 2 is 1.38 bits per heavy atom. The van der Waals surface area contributed by atoms with Crippen LogP contribution in [0.3, 0.4) is 0 Å². The molecule has 0 radical (unpaired) electrons. The number of anilines is 2. The van der Waals surface area contributed by atoms with Crippen molar-refractivity contribution in [3.05, 3.63) is 90.0 Å². The van der Waals surface area contributed by atoms with E-state index in [0.29, 0.717) is 17.8 Å². The predicted molar refractivity (Wildman–Crippen MR) is 177 cm³/mol. The summed E-state index contributed by atoms with van der Waals surface area (Å²) in [5.74, 6) is 2.11. The SMILES string of the molecule is Cc1ccc(S(=O)(=O)Nc2ccc(NC(=O)N[C@H](Cc3ccccc3)C(=O)NC(C)(C)C34CC5CC(CC(C5)C3)C4)cc2)cc1. The van der Waals surface area contributed by atoms with E-state index in [0.717, 1.165) is 28.9 Å². The fourth-order valence-electron chi connectivity index (χ4n) is 8.34. The molecular weight excluding hydrogens is 584 g/mol. The van der Waals surface area contributed by atoms with Gasteiger partial charge in [-0.2, -0.15) is 0 Å². The van der Waals surface area contributed by atoms with Crippen LogP contribution in [0.5, 0.6) is 0 Å². The molecule has 0 saturated heterocycles. The van der Waals surface area contributed by atoms with Gasteiger partial charge in [-0.15, -0.1) is 0 Å². The van der Waals surface area contributed by atoms with Crippen LogP contribution in [0.4, 0.5) is 16.2 Å². The van der Waals surface area contributed by atoms with Gasteiger partial charge in [-0.3, -0.25) is 9.52 Å². The Morgan fingerprint density at radius 1 is 0.822 bits per heavy atom. The number of amides is 3. The molecule has 4 aliphatic carbocycles. The lowest BCUT2D eigenvalue weighted by molar-refractivity contribution is -0.134. The highest BCUT2D eigenvalue weighted by molar-refractivity contribution is 7.92. The number of hydrogen-bond acceptors (Lipinski definition) is 4. The third-order valence-electron chi connectivity index (χ3n) is 10.4. The summed E-state index contributed by atoms with van der Waals surface area (Å²) in [7, 11) is -3.75. The van der Waals surface area contributed by atoms with E-state index in [4.69, 9.17) is 0 Å². The van der Waals surface area contributed by atoms with Crippen LogP contribution in [0.25, 0.3) is 0 Å². The number of benzene rings is 3. The average molecular weight is 629 g/mol. The molecular formula is C36H44N4O4S. The van der Waals surface area contributed by atoms with Gasteiger partial charge in [0.1, 0.15) is 6.04 Å². The Labute approximate surface area is 266 Å². The van der Waals surface area contributed by atoms with Crippen LogP contribution < -0.4 is 20.7 Å². The van der Waals surface area contributed by atoms with Gasteiger partial charge in [-0.25, -0.2) is 13.2 Å². The number of carbonyl (C=O) groups is 2. The standard InChI is InChI=1S/C36H44N4O4S/c1-24-9-15-31(16-10-24)45(43,44)40-30-13-11-29(12-14-30)37-34(42)38-32(20-25-7-5-4-6-8-25)33(41)39-35(2,3)36-21-26-17-27(22-36)19-28(18-26)23-36/h4-16,26-28,32,40H,17-23H2,1-3H3,(H,39,41)(H2,37,38,42)/t26?,27?,28?,32-,36?/m1/s1. The van der Waals surface area contributed by atoms with Crippen LogP contribution in [0.15, 0.2) is 83.8 Å². The largest absolute Gasteiger partial charge is 0.349 e. The molecule has 238 valence electrons. The van der Waals surface area contributed by atoms with E-state index in [-0.39, 0.29) is 16.2 Å². The maximum absolute atomic E-state index is 13.9. The molecule has 0 spiro atoms. The Kier molecular flexibility index (Phi) is 8.41. The summed E-state index contributed by atoms with van der Waals surface area (Å²) in [4.78, 5) is 27.3. The Morgan fingerprint density at radius 3 is 1.96 bits per heavy atom. The molecule has 9 heteroatoms. The van der Waals surface area contributed by atoms with Crippen molar-refractivity contribution in [1.82, 2.24) is 10.6 Å². The van der Waals surface area contributed by atoms with Gasteiger partial charge < -0.3 is 16.0 Å². The third-order valence-corrected chi connectivity index (χ3v) is 11.8. The molecule has 0 heterocycles. The number of carbonyl (C=O) groups excluding carboxylic acids is 2. The molecule has 4 saturated carbocycles. The zero-order valence-electron chi connectivity index (χ0n) is 26.3.